The van der Waals surface area contributed by atoms with Crippen LogP contribution < -0.4 is 10.1 Å². The van der Waals surface area contributed by atoms with Gasteiger partial charge in [0.15, 0.2) is 11.0 Å². The zero-order chi connectivity index (χ0) is 21.3. The number of thioether (sulfide) groups is 1. The van der Waals surface area contributed by atoms with Gasteiger partial charge in [0.1, 0.15) is 12.4 Å². The molecule has 1 saturated carbocycles. The van der Waals surface area contributed by atoms with Gasteiger partial charge in [-0.15, -0.1) is 16.8 Å². The summed E-state index contributed by atoms with van der Waals surface area (Å²) in [6.07, 6.45) is 8.79. The Hall–Kier alpha value is -1.70. The Morgan fingerprint density at radius 2 is 2.03 bits per heavy atom. The third kappa shape index (κ3) is 6.65. The van der Waals surface area contributed by atoms with E-state index in [1.54, 1.807) is 24.3 Å². The van der Waals surface area contributed by atoms with Gasteiger partial charge in [0.25, 0.3) is 0 Å². The van der Waals surface area contributed by atoms with Crippen molar-refractivity contribution in [3.05, 3.63) is 46.7 Å². The molecule has 162 valence electrons. The van der Waals surface area contributed by atoms with E-state index in [0.29, 0.717) is 45.1 Å². The summed E-state index contributed by atoms with van der Waals surface area (Å²) in [6, 6.07) is 5.35. The van der Waals surface area contributed by atoms with E-state index in [9.17, 15) is 4.79 Å². The van der Waals surface area contributed by atoms with Gasteiger partial charge in [0.2, 0.25) is 5.91 Å². The number of carbonyl (C=O) groups excluding carboxylic acids is 1. The summed E-state index contributed by atoms with van der Waals surface area (Å²) in [7, 11) is 0. The summed E-state index contributed by atoms with van der Waals surface area (Å²) >= 11 is 13.4. The fourth-order valence-electron chi connectivity index (χ4n) is 3.40. The largest absolute Gasteiger partial charge is 0.484 e. The van der Waals surface area contributed by atoms with Crippen LogP contribution in [0.2, 0.25) is 10.0 Å². The number of hydrogen-bond acceptors (Lipinski definition) is 5. The first-order valence-electron chi connectivity index (χ1n) is 10.1. The molecule has 0 spiro atoms. The first-order chi connectivity index (χ1) is 14.6. The third-order valence-electron chi connectivity index (χ3n) is 4.91. The molecule has 0 radical (unpaired) electrons. The molecule has 1 N–H and O–H groups in total. The lowest BCUT2D eigenvalue weighted by molar-refractivity contribution is -0.119. The number of rotatable bonds is 9. The van der Waals surface area contributed by atoms with Gasteiger partial charge in [0.05, 0.1) is 10.8 Å². The molecule has 3 rings (SSSR count). The molecule has 0 bridgehead atoms. The van der Waals surface area contributed by atoms with Crippen molar-refractivity contribution in [3.63, 3.8) is 0 Å². The monoisotopic (exact) mass is 468 g/mol. The summed E-state index contributed by atoms with van der Waals surface area (Å²) < 4.78 is 7.67. The Bertz CT molecular complexity index is 867. The van der Waals surface area contributed by atoms with Crippen molar-refractivity contribution in [3.8, 4) is 5.75 Å². The summed E-state index contributed by atoms with van der Waals surface area (Å²) in [5.41, 5.74) is 0. The van der Waals surface area contributed by atoms with E-state index in [4.69, 9.17) is 27.9 Å². The molecule has 6 nitrogen and oxygen atoms in total. The molecular formula is C21H26Cl2N4O2S. The number of nitrogens with zero attached hydrogens (tertiary/aromatic N) is 3. The number of aromatic nitrogens is 3. The number of amides is 1. The van der Waals surface area contributed by atoms with Crippen LogP contribution in [-0.4, -0.2) is 32.5 Å². The molecule has 1 aliphatic carbocycles. The second kappa shape index (κ2) is 11.6. The highest BCUT2D eigenvalue weighted by molar-refractivity contribution is 7.99. The molecule has 1 heterocycles. The predicted molar refractivity (Wildman–Crippen MR) is 121 cm³/mol. The zero-order valence-electron chi connectivity index (χ0n) is 16.8. The highest BCUT2D eigenvalue weighted by atomic mass is 35.5. The van der Waals surface area contributed by atoms with Crippen LogP contribution in [0.25, 0.3) is 0 Å². The van der Waals surface area contributed by atoms with Crippen LogP contribution >= 0.6 is 35.0 Å². The van der Waals surface area contributed by atoms with Crippen molar-refractivity contribution in [2.75, 3.05) is 5.75 Å². The molecule has 0 unspecified atom stereocenters. The van der Waals surface area contributed by atoms with E-state index in [0.717, 1.165) is 12.8 Å². The van der Waals surface area contributed by atoms with Gasteiger partial charge in [-0.25, -0.2) is 0 Å². The predicted octanol–water partition coefficient (Wildman–Crippen LogP) is 5.28. The van der Waals surface area contributed by atoms with Crippen LogP contribution in [0.15, 0.2) is 36.0 Å². The normalized spacial score (nSPS) is 14.9. The number of benzene rings is 1. The molecular weight excluding hydrogens is 443 g/mol. The van der Waals surface area contributed by atoms with Crippen LogP contribution in [0, 0.1) is 0 Å². The quantitative estimate of drug-likeness (QED) is 0.307. The van der Waals surface area contributed by atoms with E-state index < -0.39 is 0 Å². The maximum absolute atomic E-state index is 12.4. The number of nitrogens with one attached hydrogen (secondary N) is 1. The first kappa shape index (κ1) is 23.0. The van der Waals surface area contributed by atoms with Crippen molar-refractivity contribution in [1.29, 1.82) is 0 Å². The molecule has 1 aliphatic rings. The Kier molecular flexibility index (Phi) is 8.90. The number of halogens is 2. The fraction of sp³-hybridized carbons (Fsp3) is 0.476. The van der Waals surface area contributed by atoms with E-state index in [1.807, 2.05) is 4.57 Å². The van der Waals surface area contributed by atoms with Gasteiger partial charge < -0.3 is 10.1 Å². The second-order valence-electron chi connectivity index (χ2n) is 7.21. The SMILES string of the molecule is C=CCn1c(COc2ccc(Cl)cc2Cl)nnc1SCC(=O)NC1CCCCCC1. The Balaban J connectivity index is 1.57. The molecule has 9 heteroatoms. The summed E-state index contributed by atoms with van der Waals surface area (Å²) in [4.78, 5) is 12.4. The smallest absolute Gasteiger partial charge is 0.230 e. The lowest BCUT2D eigenvalue weighted by Crippen LogP contribution is -2.35. The van der Waals surface area contributed by atoms with Crippen LogP contribution in [0.5, 0.6) is 5.75 Å². The second-order valence-corrected chi connectivity index (χ2v) is 8.99. The molecule has 1 aromatic heterocycles. The number of allylic oxidation sites excluding steroid dienone is 1. The van der Waals surface area contributed by atoms with Crippen molar-refractivity contribution in [2.45, 2.75) is 62.9 Å². The van der Waals surface area contributed by atoms with E-state index in [2.05, 4.69) is 22.1 Å². The lowest BCUT2D eigenvalue weighted by Gasteiger charge is -2.16. The maximum atomic E-state index is 12.4. The third-order valence-corrected chi connectivity index (χ3v) is 6.41. The Morgan fingerprint density at radius 1 is 1.27 bits per heavy atom. The highest BCUT2D eigenvalue weighted by Crippen LogP contribution is 2.28. The number of hydrogen-bond donors (Lipinski definition) is 1. The van der Waals surface area contributed by atoms with Gasteiger partial charge in [-0.1, -0.05) is 66.7 Å². The van der Waals surface area contributed by atoms with Gasteiger partial charge in [-0.3, -0.25) is 9.36 Å². The summed E-state index contributed by atoms with van der Waals surface area (Å²) in [6.45, 7) is 4.51. The van der Waals surface area contributed by atoms with Crippen molar-refractivity contribution in [2.24, 2.45) is 0 Å². The molecule has 30 heavy (non-hydrogen) atoms. The minimum absolute atomic E-state index is 0.0331. The van der Waals surface area contributed by atoms with E-state index >= 15 is 0 Å². The highest BCUT2D eigenvalue weighted by Gasteiger charge is 2.17. The molecule has 1 fully saturated rings. The fourth-order valence-corrected chi connectivity index (χ4v) is 4.64. The molecule has 1 aromatic carbocycles. The van der Waals surface area contributed by atoms with Crippen molar-refractivity contribution < 1.29 is 9.53 Å². The minimum atomic E-state index is 0.0331. The van der Waals surface area contributed by atoms with Gasteiger partial charge in [-0.05, 0) is 31.0 Å². The zero-order valence-corrected chi connectivity index (χ0v) is 19.1. The minimum Gasteiger partial charge on any atom is -0.484 e. The summed E-state index contributed by atoms with van der Waals surface area (Å²) in [5.74, 6) is 1.49. The average molecular weight is 469 g/mol. The van der Waals surface area contributed by atoms with Crippen LogP contribution in [0.3, 0.4) is 0 Å². The molecule has 1 amide bonds. The van der Waals surface area contributed by atoms with Crippen LogP contribution in [-0.2, 0) is 17.9 Å². The molecule has 0 aliphatic heterocycles. The van der Waals surface area contributed by atoms with E-state index in [-0.39, 0.29) is 12.5 Å². The van der Waals surface area contributed by atoms with Crippen molar-refractivity contribution >= 4 is 40.9 Å². The average Bonchev–Trinajstić information content (AvgIpc) is 2.91. The van der Waals surface area contributed by atoms with Gasteiger partial charge in [0, 0.05) is 17.6 Å². The molecule has 0 atom stereocenters. The van der Waals surface area contributed by atoms with Crippen LogP contribution in [0.1, 0.15) is 44.3 Å². The number of carbonyl (C=O) groups is 1. The molecule has 2 aromatic rings. The molecule has 0 saturated heterocycles. The Labute approximate surface area is 191 Å². The van der Waals surface area contributed by atoms with Gasteiger partial charge >= 0.3 is 0 Å². The lowest BCUT2D eigenvalue weighted by atomic mass is 10.1. The van der Waals surface area contributed by atoms with Crippen molar-refractivity contribution in [1.82, 2.24) is 20.1 Å². The topological polar surface area (TPSA) is 69.0 Å². The maximum Gasteiger partial charge on any atom is 0.230 e. The van der Waals surface area contributed by atoms with E-state index in [1.165, 1.54) is 37.4 Å². The Morgan fingerprint density at radius 3 is 2.73 bits per heavy atom. The summed E-state index contributed by atoms with van der Waals surface area (Å²) in [5, 5.41) is 13.2. The standard InChI is InChI=1S/C21H26Cl2N4O2S/c1-2-11-27-19(13-29-18-10-9-15(22)12-17(18)23)25-26-21(27)30-14-20(28)24-16-7-5-3-4-6-8-16/h2,9-10,12,16H,1,3-8,11,13-14H2,(H,24,28). The number of ether oxygens (including phenoxy) is 1. The first-order valence-corrected chi connectivity index (χ1v) is 11.8. The van der Waals surface area contributed by atoms with Gasteiger partial charge in [-0.2, -0.15) is 0 Å². The van der Waals surface area contributed by atoms with Crippen LogP contribution in [0.4, 0.5) is 0 Å².